The molecule has 8 nitrogen and oxygen atoms in total. The first-order valence-corrected chi connectivity index (χ1v) is 12.7. The topological polar surface area (TPSA) is 102 Å². The summed E-state index contributed by atoms with van der Waals surface area (Å²) in [5.41, 5.74) is 2.21. The molecule has 3 aromatic carbocycles. The number of carboxylic acids is 1. The average molecular weight is 529 g/mol. The van der Waals surface area contributed by atoms with Gasteiger partial charge in [-0.25, -0.2) is 14.6 Å². The number of hydrogen-bond donors (Lipinski definition) is 1. The maximum Gasteiger partial charge on any atom is 0.415 e. The predicted octanol–water partition coefficient (Wildman–Crippen LogP) is 6.91. The quantitative estimate of drug-likeness (QED) is 0.252. The highest BCUT2D eigenvalue weighted by Gasteiger charge is 2.25. The summed E-state index contributed by atoms with van der Waals surface area (Å²) in [6.07, 6.45) is -0.00740. The highest BCUT2D eigenvalue weighted by Crippen LogP contribution is 2.26. The van der Waals surface area contributed by atoms with Crippen LogP contribution in [-0.4, -0.2) is 34.4 Å². The van der Waals surface area contributed by atoms with Crippen molar-refractivity contribution in [2.24, 2.45) is 0 Å². The lowest BCUT2D eigenvalue weighted by atomic mass is 10.1. The molecular weight excluding hydrogens is 496 g/mol. The van der Waals surface area contributed by atoms with E-state index in [0.29, 0.717) is 35.9 Å². The lowest BCUT2D eigenvalue weighted by Crippen LogP contribution is -2.36. The highest BCUT2D eigenvalue weighted by atomic mass is 16.6. The van der Waals surface area contributed by atoms with Gasteiger partial charge in [0.15, 0.2) is 0 Å². The van der Waals surface area contributed by atoms with E-state index in [0.717, 1.165) is 17.0 Å². The van der Waals surface area contributed by atoms with Crippen molar-refractivity contribution in [1.29, 1.82) is 0 Å². The molecule has 0 saturated heterocycles. The third-order valence-electron chi connectivity index (χ3n) is 5.86. The van der Waals surface area contributed by atoms with E-state index >= 15 is 0 Å². The van der Waals surface area contributed by atoms with Crippen LogP contribution in [0.2, 0.25) is 0 Å². The van der Waals surface area contributed by atoms with E-state index < -0.39 is 17.7 Å². The van der Waals surface area contributed by atoms with Crippen molar-refractivity contribution < 1.29 is 28.6 Å². The Balaban J connectivity index is 1.45. The van der Waals surface area contributed by atoms with Gasteiger partial charge in [-0.15, -0.1) is 0 Å². The molecule has 0 aliphatic heterocycles. The van der Waals surface area contributed by atoms with Crippen LogP contribution in [0.1, 0.15) is 48.1 Å². The fourth-order valence-electron chi connectivity index (χ4n) is 3.97. The standard InChI is InChI=1S/C31H32N2O6/c1-21-27(32-28(38-21)22-10-6-5-7-11-22)18-19-37-25-16-14-24(15-17-25)33(30(36)39-31(2,3)4)20-23-12-8-9-13-26(23)29(34)35/h5-17H,18-20H2,1-4H3,(H,34,35). The molecule has 4 aromatic rings. The third-order valence-corrected chi connectivity index (χ3v) is 5.86. The number of rotatable bonds is 9. The molecule has 1 amide bonds. The smallest absolute Gasteiger partial charge is 0.415 e. The van der Waals surface area contributed by atoms with E-state index in [4.69, 9.17) is 13.9 Å². The lowest BCUT2D eigenvalue weighted by Gasteiger charge is -2.28. The number of carboxylic acid groups (broad SMARTS) is 1. The van der Waals surface area contributed by atoms with Crippen molar-refractivity contribution in [3.63, 3.8) is 0 Å². The van der Waals surface area contributed by atoms with Crippen molar-refractivity contribution in [1.82, 2.24) is 4.98 Å². The van der Waals surface area contributed by atoms with Gasteiger partial charge < -0.3 is 19.0 Å². The molecule has 0 fully saturated rings. The highest BCUT2D eigenvalue weighted by molar-refractivity contribution is 5.91. The van der Waals surface area contributed by atoms with Crippen LogP contribution in [0.5, 0.6) is 5.75 Å². The molecule has 0 atom stereocenters. The molecule has 0 radical (unpaired) electrons. The van der Waals surface area contributed by atoms with Crippen molar-refractivity contribution in [3.05, 3.63) is 101 Å². The van der Waals surface area contributed by atoms with Crippen LogP contribution >= 0.6 is 0 Å². The predicted molar refractivity (Wildman–Crippen MR) is 148 cm³/mol. The largest absolute Gasteiger partial charge is 0.493 e. The monoisotopic (exact) mass is 528 g/mol. The zero-order valence-corrected chi connectivity index (χ0v) is 22.5. The minimum atomic E-state index is -1.06. The second-order valence-corrected chi connectivity index (χ2v) is 10.0. The number of ether oxygens (including phenoxy) is 2. The Morgan fingerprint density at radius 2 is 1.62 bits per heavy atom. The summed E-state index contributed by atoms with van der Waals surface area (Å²) in [4.78, 5) is 30.9. The summed E-state index contributed by atoms with van der Waals surface area (Å²) < 4.78 is 17.4. The molecular formula is C31H32N2O6. The van der Waals surface area contributed by atoms with Gasteiger partial charge in [0.2, 0.25) is 5.89 Å². The van der Waals surface area contributed by atoms with Crippen LogP contribution in [0.3, 0.4) is 0 Å². The molecule has 1 heterocycles. The molecule has 8 heteroatoms. The van der Waals surface area contributed by atoms with Gasteiger partial charge >= 0.3 is 12.1 Å². The maximum atomic E-state index is 13.1. The number of oxazole rings is 1. The van der Waals surface area contributed by atoms with E-state index in [1.165, 1.54) is 11.0 Å². The van der Waals surface area contributed by atoms with Crippen molar-refractivity contribution in [3.8, 4) is 17.2 Å². The number of carbonyl (C=O) groups excluding carboxylic acids is 1. The first-order valence-electron chi connectivity index (χ1n) is 12.7. The molecule has 0 unspecified atom stereocenters. The number of aromatic nitrogens is 1. The first kappa shape index (κ1) is 27.4. The average Bonchev–Trinajstić information content (AvgIpc) is 3.27. The molecule has 0 bridgehead atoms. The summed E-state index contributed by atoms with van der Waals surface area (Å²) in [6.45, 7) is 7.66. The lowest BCUT2D eigenvalue weighted by molar-refractivity contribution is 0.0574. The summed E-state index contributed by atoms with van der Waals surface area (Å²) >= 11 is 0. The van der Waals surface area contributed by atoms with Crippen LogP contribution in [-0.2, 0) is 17.7 Å². The maximum absolute atomic E-state index is 13.1. The molecule has 0 spiro atoms. The molecule has 0 aliphatic rings. The number of carbonyl (C=O) groups is 2. The van der Waals surface area contributed by atoms with Gasteiger partial charge in [0.1, 0.15) is 17.1 Å². The van der Waals surface area contributed by atoms with E-state index in [-0.39, 0.29) is 12.1 Å². The third kappa shape index (κ3) is 7.25. The van der Waals surface area contributed by atoms with E-state index in [9.17, 15) is 14.7 Å². The number of anilines is 1. The van der Waals surface area contributed by atoms with E-state index in [2.05, 4.69) is 4.98 Å². The number of hydrogen-bond acceptors (Lipinski definition) is 6. The SMILES string of the molecule is Cc1oc(-c2ccccc2)nc1CCOc1ccc(N(Cc2ccccc2C(=O)O)C(=O)OC(C)(C)C)cc1. The first-order chi connectivity index (χ1) is 18.6. The van der Waals surface area contributed by atoms with Gasteiger partial charge in [-0.2, -0.15) is 0 Å². The molecule has 0 saturated carbocycles. The summed E-state index contributed by atoms with van der Waals surface area (Å²) in [5.74, 6) is 0.900. The zero-order valence-electron chi connectivity index (χ0n) is 22.5. The zero-order chi connectivity index (χ0) is 28.0. The van der Waals surface area contributed by atoms with Crippen molar-refractivity contribution >= 4 is 17.7 Å². The fourth-order valence-corrected chi connectivity index (χ4v) is 3.97. The Morgan fingerprint density at radius 3 is 2.28 bits per heavy atom. The Bertz CT molecular complexity index is 1420. The molecule has 1 aromatic heterocycles. The number of nitrogens with zero attached hydrogens (tertiary/aromatic N) is 2. The molecule has 1 N–H and O–H groups in total. The number of aryl methyl sites for hydroxylation is 1. The van der Waals surface area contributed by atoms with Gasteiger partial charge in [0.25, 0.3) is 0 Å². The fraction of sp³-hybridized carbons (Fsp3) is 0.258. The van der Waals surface area contributed by atoms with E-state index in [1.807, 2.05) is 37.3 Å². The Kier molecular flexibility index (Phi) is 8.34. The van der Waals surface area contributed by atoms with Crippen molar-refractivity contribution in [2.75, 3.05) is 11.5 Å². The number of aromatic carboxylic acids is 1. The Morgan fingerprint density at radius 1 is 0.949 bits per heavy atom. The van der Waals surface area contributed by atoms with E-state index in [1.54, 1.807) is 63.2 Å². The second-order valence-electron chi connectivity index (χ2n) is 10.0. The molecule has 202 valence electrons. The van der Waals surface area contributed by atoms with Crippen LogP contribution in [0, 0.1) is 6.92 Å². The van der Waals surface area contributed by atoms with Crippen LogP contribution in [0.25, 0.3) is 11.5 Å². The minimum absolute atomic E-state index is 0.0345. The molecule has 0 aliphatic carbocycles. The number of amides is 1. The van der Waals surface area contributed by atoms with Crippen LogP contribution in [0.4, 0.5) is 10.5 Å². The molecule has 39 heavy (non-hydrogen) atoms. The summed E-state index contributed by atoms with van der Waals surface area (Å²) in [7, 11) is 0. The van der Waals surface area contributed by atoms with Gasteiger partial charge in [-0.1, -0.05) is 36.4 Å². The normalized spacial score (nSPS) is 11.2. The second kappa shape index (κ2) is 11.9. The van der Waals surface area contributed by atoms with Crippen molar-refractivity contribution in [2.45, 2.75) is 46.3 Å². The van der Waals surface area contributed by atoms with Crippen LogP contribution in [0.15, 0.2) is 83.3 Å². The Labute approximate surface area is 227 Å². The summed E-state index contributed by atoms with van der Waals surface area (Å²) in [6, 6.07) is 23.4. The Hall–Kier alpha value is -4.59. The summed E-state index contributed by atoms with van der Waals surface area (Å²) in [5, 5.41) is 9.59. The van der Waals surface area contributed by atoms with Crippen LogP contribution < -0.4 is 9.64 Å². The van der Waals surface area contributed by atoms with Gasteiger partial charge in [-0.3, -0.25) is 4.90 Å². The van der Waals surface area contributed by atoms with Gasteiger partial charge in [-0.05, 0) is 75.7 Å². The van der Waals surface area contributed by atoms with Gasteiger partial charge in [0.05, 0.1) is 24.4 Å². The minimum Gasteiger partial charge on any atom is -0.493 e. The number of benzene rings is 3. The van der Waals surface area contributed by atoms with Gasteiger partial charge in [0, 0.05) is 17.7 Å². The molecule has 4 rings (SSSR count).